The molecular weight excluding hydrogens is 418 g/mol. The summed E-state index contributed by atoms with van der Waals surface area (Å²) in [5, 5.41) is 5.17. The molecule has 2 unspecified atom stereocenters. The number of nitrogens with one attached hydrogen (secondary N) is 1. The maximum absolute atomic E-state index is 13.2. The number of thiazole rings is 1. The molecule has 0 bridgehead atoms. The quantitative estimate of drug-likeness (QED) is 0.582. The van der Waals surface area contributed by atoms with Gasteiger partial charge in [-0.1, -0.05) is 35.1 Å². The summed E-state index contributed by atoms with van der Waals surface area (Å²) in [5.41, 5.74) is 2.48. The van der Waals surface area contributed by atoms with Crippen molar-refractivity contribution in [2.75, 3.05) is 10.2 Å². The molecule has 4 rings (SSSR count). The Labute approximate surface area is 182 Å². The van der Waals surface area contributed by atoms with Gasteiger partial charge in [0.2, 0.25) is 11.8 Å². The Hall–Kier alpha value is -2.84. The fraction of sp³-hybridized carbons (Fsp3) is 0.273. The number of nitrogens with zero attached hydrogens (tertiary/aromatic N) is 2. The molecule has 1 fully saturated rings. The number of Topliss-reactive ketones (excluding diaryl/α,β-unsaturated/α-hetero) is 1. The minimum absolute atomic E-state index is 0.0800. The first-order valence-corrected chi connectivity index (χ1v) is 11.3. The van der Waals surface area contributed by atoms with Crippen molar-refractivity contribution < 1.29 is 14.4 Å². The maximum Gasteiger partial charge on any atom is 0.232 e. The molecule has 2 aromatic heterocycles. The largest absolute Gasteiger partial charge is 0.303 e. The number of carbonyl (C=O) groups excluding carboxylic acids is 3. The molecule has 30 heavy (non-hydrogen) atoms. The van der Waals surface area contributed by atoms with E-state index >= 15 is 0 Å². The molecule has 3 aromatic rings. The van der Waals surface area contributed by atoms with Crippen molar-refractivity contribution in [1.82, 2.24) is 4.98 Å². The van der Waals surface area contributed by atoms with Crippen LogP contribution >= 0.6 is 22.7 Å². The number of benzene rings is 1. The summed E-state index contributed by atoms with van der Waals surface area (Å²) in [4.78, 5) is 45.4. The average molecular weight is 440 g/mol. The second-order valence-corrected chi connectivity index (χ2v) is 9.33. The van der Waals surface area contributed by atoms with Gasteiger partial charge in [-0.15, -0.1) is 11.3 Å². The van der Waals surface area contributed by atoms with Crippen LogP contribution in [0.4, 0.5) is 10.8 Å². The summed E-state index contributed by atoms with van der Waals surface area (Å²) in [5.74, 6) is -0.983. The van der Waals surface area contributed by atoms with E-state index in [9.17, 15) is 14.4 Å². The molecule has 0 saturated carbocycles. The number of amides is 2. The number of hydrogen-bond donors (Lipinski definition) is 1. The molecule has 2 amide bonds. The number of anilines is 2. The summed E-state index contributed by atoms with van der Waals surface area (Å²) in [7, 11) is 0. The van der Waals surface area contributed by atoms with E-state index in [1.54, 1.807) is 11.8 Å². The van der Waals surface area contributed by atoms with Crippen LogP contribution in [0.1, 0.15) is 45.2 Å². The van der Waals surface area contributed by atoms with E-state index in [1.165, 1.54) is 18.3 Å². The third-order valence-electron chi connectivity index (χ3n) is 5.15. The Morgan fingerprint density at radius 1 is 1.17 bits per heavy atom. The lowest BCUT2D eigenvalue weighted by Gasteiger charge is -2.27. The minimum Gasteiger partial charge on any atom is -0.303 e. The summed E-state index contributed by atoms with van der Waals surface area (Å²) in [6.45, 7) is 5.22. The van der Waals surface area contributed by atoms with Crippen LogP contribution < -0.4 is 10.2 Å². The fourth-order valence-corrected chi connectivity index (χ4v) is 5.48. The van der Waals surface area contributed by atoms with Gasteiger partial charge in [0.25, 0.3) is 0 Å². The van der Waals surface area contributed by atoms with Gasteiger partial charge in [-0.3, -0.25) is 14.4 Å². The standard InChI is InChI=1S/C22H21N3O3S2/c1-12-6-8-15(9-7-12)25-18(27)11-16(19(25)17-5-4-10-29-17)21(28)24-22-23-13(2)20(30-22)14(3)26/h4-10,16,19H,11H2,1-3H3,(H,23,24,28). The zero-order valence-electron chi connectivity index (χ0n) is 16.8. The van der Waals surface area contributed by atoms with Crippen LogP contribution in [0.15, 0.2) is 41.8 Å². The number of carbonyl (C=O) groups is 3. The Morgan fingerprint density at radius 2 is 1.90 bits per heavy atom. The van der Waals surface area contributed by atoms with Gasteiger partial charge < -0.3 is 10.2 Å². The first kappa shape index (κ1) is 20.4. The molecule has 8 heteroatoms. The smallest absolute Gasteiger partial charge is 0.232 e. The highest BCUT2D eigenvalue weighted by Gasteiger charge is 2.46. The minimum atomic E-state index is -0.553. The molecule has 1 saturated heterocycles. The summed E-state index contributed by atoms with van der Waals surface area (Å²) >= 11 is 2.69. The van der Waals surface area contributed by atoms with Gasteiger partial charge in [-0.05, 0) is 37.4 Å². The highest BCUT2D eigenvalue weighted by molar-refractivity contribution is 7.17. The topological polar surface area (TPSA) is 79.4 Å². The molecular formula is C22H21N3O3S2. The van der Waals surface area contributed by atoms with Gasteiger partial charge in [0.1, 0.15) is 0 Å². The van der Waals surface area contributed by atoms with E-state index in [-0.39, 0.29) is 30.1 Å². The van der Waals surface area contributed by atoms with E-state index in [1.807, 2.05) is 48.7 Å². The second kappa shape index (κ2) is 8.12. The summed E-state index contributed by atoms with van der Waals surface area (Å²) in [6, 6.07) is 11.3. The molecule has 3 heterocycles. The second-order valence-electron chi connectivity index (χ2n) is 7.35. The molecule has 0 aliphatic carbocycles. The average Bonchev–Trinajstić information content (AvgIpc) is 3.41. The van der Waals surface area contributed by atoms with E-state index in [4.69, 9.17) is 0 Å². The Balaban J connectivity index is 1.65. The molecule has 154 valence electrons. The fourth-order valence-electron chi connectivity index (χ4n) is 3.74. The van der Waals surface area contributed by atoms with Crippen molar-refractivity contribution in [3.63, 3.8) is 0 Å². The Morgan fingerprint density at radius 3 is 2.50 bits per heavy atom. The van der Waals surface area contributed by atoms with Crippen molar-refractivity contribution in [3.05, 3.63) is 62.8 Å². The number of hydrogen-bond acceptors (Lipinski definition) is 6. The van der Waals surface area contributed by atoms with Crippen molar-refractivity contribution in [2.24, 2.45) is 5.92 Å². The summed E-state index contributed by atoms with van der Waals surface area (Å²) < 4.78 is 0. The van der Waals surface area contributed by atoms with Crippen molar-refractivity contribution in [1.29, 1.82) is 0 Å². The third-order valence-corrected chi connectivity index (χ3v) is 7.27. The van der Waals surface area contributed by atoms with Gasteiger partial charge >= 0.3 is 0 Å². The summed E-state index contributed by atoms with van der Waals surface area (Å²) in [6.07, 6.45) is 0.117. The number of ketones is 1. The molecule has 0 radical (unpaired) electrons. The Kier molecular flexibility index (Phi) is 5.53. The molecule has 1 N–H and O–H groups in total. The predicted molar refractivity (Wildman–Crippen MR) is 119 cm³/mol. The highest BCUT2D eigenvalue weighted by atomic mass is 32.1. The molecule has 6 nitrogen and oxygen atoms in total. The first-order chi connectivity index (χ1) is 14.3. The van der Waals surface area contributed by atoms with Crippen LogP contribution in [0.25, 0.3) is 0 Å². The zero-order chi connectivity index (χ0) is 21.4. The maximum atomic E-state index is 13.2. The van der Waals surface area contributed by atoms with Crippen molar-refractivity contribution >= 4 is 51.1 Å². The van der Waals surface area contributed by atoms with E-state index < -0.39 is 5.92 Å². The van der Waals surface area contributed by atoms with Crippen LogP contribution in [-0.2, 0) is 9.59 Å². The van der Waals surface area contributed by atoms with Crippen LogP contribution in [0.2, 0.25) is 0 Å². The van der Waals surface area contributed by atoms with Gasteiger partial charge in [0.15, 0.2) is 10.9 Å². The lowest BCUT2D eigenvalue weighted by molar-refractivity contribution is -0.122. The molecule has 2 atom stereocenters. The SMILES string of the molecule is CC(=O)c1sc(NC(=O)C2CC(=O)N(c3ccc(C)cc3)C2c2cccs2)nc1C. The number of aromatic nitrogens is 1. The van der Waals surface area contributed by atoms with Gasteiger partial charge in [0.05, 0.1) is 22.5 Å². The molecule has 1 aliphatic heterocycles. The van der Waals surface area contributed by atoms with E-state index in [0.29, 0.717) is 15.7 Å². The number of rotatable bonds is 5. The normalized spacial score (nSPS) is 18.6. The van der Waals surface area contributed by atoms with Gasteiger partial charge in [-0.25, -0.2) is 4.98 Å². The zero-order valence-corrected chi connectivity index (χ0v) is 18.5. The van der Waals surface area contributed by atoms with Crippen LogP contribution in [-0.4, -0.2) is 22.6 Å². The third kappa shape index (κ3) is 3.80. The van der Waals surface area contributed by atoms with Crippen molar-refractivity contribution in [2.45, 2.75) is 33.2 Å². The lowest BCUT2D eigenvalue weighted by Crippen LogP contribution is -2.31. The van der Waals surface area contributed by atoms with E-state index in [2.05, 4.69) is 10.3 Å². The van der Waals surface area contributed by atoms with Crippen LogP contribution in [0, 0.1) is 19.8 Å². The molecule has 0 spiro atoms. The van der Waals surface area contributed by atoms with Crippen LogP contribution in [0.3, 0.4) is 0 Å². The predicted octanol–water partition coefficient (Wildman–Crippen LogP) is 4.76. The van der Waals surface area contributed by atoms with Gasteiger partial charge in [0, 0.05) is 23.9 Å². The van der Waals surface area contributed by atoms with Gasteiger partial charge in [-0.2, -0.15) is 0 Å². The lowest BCUT2D eigenvalue weighted by atomic mass is 9.97. The van der Waals surface area contributed by atoms with Crippen molar-refractivity contribution in [3.8, 4) is 0 Å². The van der Waals surface area contributed by atoms with E-state index in [0.717, 1.165) is 27.5 Å². The number of thiophene rings is 1. The van der Waals surface area contributed by atoms with Crippen LogP contribution in [0.5, 0.6) is 0 Å². The first-order valence-electron chi connectivity index (χ1n) is 9.56. The molecule has 1 aliphatic rings. The highest BCUT2D eigenvalue weighted by Crippen LogP contribution is 2.43. The number of aryl methyl sites for hydroxylation is 2. The monoisotopic (exact) mass is 439 g/mol. The Bertz CT molecular complexity index is 1100. The molecule has 1 aromatic carbocycles.